The van der Waals surface area contributed by atoms with Crippen LogP contribution in [0.4, 0.5) is 11.4 Å². The Hall–Kier alpha value is -1.30. The minimum atomic E-state index is 0.570. The number of aromatic nitrogens is 1. The molecule has 0 spiro atoms. The molecule has 1 fully saturated rings. The smallest absolute Gasteiger partial charge is 0.119 e. The van der Waals surface area contributed by atoms with Crippen molar-refractivity contribution in [2.45, 2.75) is 26.0 Å². The van der Waals surface area contributed by atoms with Crippen LogP contribution in [0.25, 0.3) is 0 Å². The van der Waals surface area contributed by atoms with E-state index in [2.05, 4.69) is 26.6 Å². The van der Waals surface area contributed by atoms with Gasteiger partial charge in [0.2, 0.25) is 0 Å². The van der Waals surface area contributed by atoms with Crippen molar-refractivity contribution in [3.63, 3.8) is 0 Å². The fourth-order valence-electron chi connectivity index (χ4n) is 2.69. The summed E-state index contributed by atoms with van der Waals surface area (Å²) in [5.41, 5.74) is 3.34. The molecule has 0 radical (unpaired) electrons. The molecule has 1 aliphatic rings. The number of halogens is 1. The normalized spacial score (nSPS) is 14.5. The second-order valence-electron chi connectivity index (χ2n) is 5.37. The van der Waals surface area contributed by atoms with Gasteiger partial charge in [0, 0.05) is 30.6 Å². The number of nitrogens with zero attached hydrogens (tertiary/aromatic N) is 2. The largest absolute Gasteiger partial charge is 0.378 e. The Morgan fingerprint density at radius 3 is 2.95 bits per heavy atom. The van der Waals surface area contributed by atoms with Crippen molar-refractivity contribution in [1.29, 1.82) is 0 Å². The van der Waals surface area contributed by atoms with E-state index in [0.717, 1.165) is 34.5 Å². The first-order chi connectivity index (χ1) is 10.8. The molecular formula is C16H20ClN3OS. The third kappa shape index (κ3) is 3.72. The molecule has 3 rings (SSSR count). The predicted octanol–water partition coefficient (Wildman–Crippen LogP) is 4.16. The van der Waals surface area contributed by atoms with Crippen molar-refractivity contribution in [3.8, 4) is 0 Å². The van der Waals surface area contributed by atoms with Crippen LogP contribution in [-0.2, 0) is 17.9 Å². The van der Waals surface area contributed by atoms with Crippen molar-refractivity contribution >= 4 is 34.3 Å². The van der Waals surface area contributed by atoms with Crippen molar-refractivity contribution in [3.05, 3.63) is 39.3 Å². The van der Waals surface area contributed by atoms with Gasteiger partial charge in [-0.2, -0.15) is 0 Å². The Labute approximate surface area is 140 Å². The molecule has 22 heavy (non-hydrogen) atoms. The van der Waals surface area contributed by atoms with Gasteiger partial charge in [0.1, 0.15) is 5.01 Å². The molecule has 0 saturated carbocycles. The van der Waals surface area contributed by atoms with Crippen molar-refractivity contribution < 1.29 is 4.74 Å². The zero-order chi connectivity index (χ0) is 15.4. The highest BCUT2D eigenvalue weighted by atomic mass is 35.5. The minimum absolute atomic E-state index is 0.570. The molecule has 1 aromatic carbocycles. The van der Waals surface area contributed by atoms with Crippen LogP contribution < -0.4 is 10.2 Å². The molecule has 2 aromatic rings. The zero-order valence-corrected chi connectivity index (χ0v) is 14.2. The summed E-state index contributed by atoms with van der Waals surface area (Å²) >= 11 is 7.79. The predicted molar refractivity (Wildman–Crippen MR) is 93.1 cm³/mol. The first-order valence-corrected chi connectivity index (χ1v) is 8.72. The quantitative estimate of drug-likeness (QED) is 0.859. The van der Waals surface area contributed by atoms with Gasteiger partial charge in [-0.05, 0) is 31.0 Å². The number of ether oxygens (including phenoxy) is 1. The van der Waals surface area contributed by atoms with E-state index >= 15 is 0 Å². The van der Waals surface area contributed by atoms with Crippen molar-refractivity contribution in [2.24, 2.45) is 0 Å². The summed E-state index contributed by atoms with van der Waals surface area (Å²) in [6.45, 7) is 3.50. The summed E-state index contributed by atoms with van der Waals surface area (Å²) in [5.74, 6) is 0. The molecule has 1 aliphatic heterocycles. The third-order valence-electron chi connectivity index (χ3n) is 3.73. The number of anilines is 2. The molecule has 4 nitrogen and oxygen atoms in total. The Morgan fingerprint density at radius 2 is 2.18 bits per heavy atom. The molecular weight excluding hydrogens is 318 g/mol. The van der Waals surface area contributed by atoms with Gasteiger partial charge in [-0.15, -0.1) is 11.3 Å². The molecule has 118 valence electrons. The van der Waals surface area contributed by atoms with E-state index in [1.165, 1.54) is 18.5 Å². The number of benzene rings is 1. The van der Waals surface area contributed by atoms with Gasteiger partial charge >= 0.3 is 0 Å². The van der Waals surface area contributed by atoms with Crippen LogP contribution in [0.5, 0.6) is 0 Å². The highest BCUT2D eigenvalue weighted by Crippen LogP contribution is 2.31. The number of rotatable bonds is 6. The summed E-state index contributed by atoms with van der Waals surface area (Å²) in [6, 6.07) is 6.06. The average molecular weight is 338 g/mol. The number of hydrogen-bond donors (Lipinski definition) is 1. The lowest BCUT2D eigenvalue weighted by Gasteiger charge is -2.22. The average Bonchev–Trinajstić information content (AvgIpc) is 3.17. The monoisotopic (exact) mass is 337 g/mol. The Morgan fingerprint density at radius 1 is 1.36 bits per heavy atom. The first-order valence-electron chi connectivity index (χ1n) is 7.47. The maximum absolute atomic E-state index is 6.16. The molecule has 0 unspecified atom stereocenters. The number of thiazole rings is 1. The van der Waals surface area contributed by atoms with Crippen LogP contribution in [-0.4, -0.2) is 25.2 Å². The number of methoxy groups -OCH3 is 1. The van der Waals surface area contributed by atoms with Crippen LogP contribution in [0.15, 0.2) is 23.6 Å². The molecule has 2 heterocycles. The van der Waals surface area contributed by atoms with E-state index in [0.29, 0.717) is 13.2 Å². The molecule has 0 bridgehead atoms. The summed E-state index contributed by atoms with van der Waals surface area (Å²) < 4.78 is 5.11. The van der Waals surface area contributed by atoms with E-state index in [9.17, 15) is 0 Å². The Balaban J connectivity index is 1.71. The molecule has 0 amide bonds. The van der Waals surface area contributed by atoms with Crippen molar-refractivity contribution in [2.75, 3.05) is 30.4 Å². The molecule has 0 aliphatic carbocycles. The second-order valence-corrected chi connectivity index (χ2v) is 6.75. The van der Waals surface area contributed by atoms with E-state index in [1.807, 2.05) is 12.1 Å². The van der Waals surface area contributed by atoms with Crippen LogP contribution in [0.1, 0.15) is 23.5 Å². The number of nitrogens with one attached hydrogen (secondary N) is 1. The molecule has 6 heteroatoms. The van der Waals surface area contributed by atoms with Gasteiger partial charge in [0.15, 0.2) is 0 Å². The molecule has 1 aromatic heterocycles. The van der Waals surface area contributed by atoms with E-state index < -0.39 is 0 Å². The lowest BCUT2D eigenvalue weighted by Crippen LogP contribution is -2.19. The summed E-state index contributed by atoms with van der Waals surface area (Å²) in [5, 5.41) is 7.31. The van der Waals surface area contributed by atoms with E-state index in [1.54, 1.807) is 18.4 Å². The molecule has 1 N–H and O–H groups in total. The third-order valence-corrected chi connectivity index (χ3v) is 4.84. The van der Waals surface area contributed by atoms with Gasteiger partial charge in [0.25, 0.3) is 0 Å². The summed E-state index contributed by atoms with van der Waals surface area (Å²) in [7, 11) is 1.69. The SMILES string of the molecule is COCc1nc(CNc2cc(Cl)ccc2N2CCCC2)cs1. The fraction of sp³-hybridized carbons (Fsp3) is 0.438. The Kier molecular flexibility index (Phi) is 5.18. The first kappa shape index (κ1) is 15.6. The van der Waals surface area contributed by atoms with Crippen molar-refractivity contribution in [1.82, 2.24) is 4.98 Å². The molecule has 0 atom stereocenters. The lowest BCUT2D eigenvalue weighted by molar-refractivity contribution is 0.184. The van der Waals surface area contributed by atoms with Crippen LogP contribution in [0.2, 0.25) is 5.02 Å². The summed E-state index contributed by atoms with van der Waals surface area (Å²) in [4.78, 5) is 6.96. The highest BCUT2D eigenvalue weighted by Gasteiger charge is 2.16. The van der Waals surface area contributed by atoms with Crippen LogP contribution in [0, 0.1) is 0 Å². The van der Waals surface area contributed by atoms with Gasteiger partial charge in [-0.25, -0.2) is 4.98 Å². The Bertz CT molecular complexity index is 626. The topological polar surface area (TPSA) is 37.4 Å². The van der Waals surface area contributed by atoms with Gasteiger partial charge in [0.05, 0.1) is 30.2 Å². The zero-order valence-electron chi connectivity index (χ0n) is 12.6. The molecule has 1 saturated heterocycles. The number of hydrogen-bond acceptors (Lipinski definition) is 5. The minimum Gasteiger partial charge on any atom is -0.378 e. The second kappa shape index (κ2) is 7.31. The van der Waals surface area contributed by atoms with Crippen LogP contribution >= 0.6 is 22.9 Å². The lowest BCUT2D eigenvalue weighted by atomic mass is 10.2. The maximum atomic E-state index is 6.16. The highest BCUT2D eigenvalue weighted by molar-refractivity contribution is 7.09. The summed E-state index contributed by atoms with van der Waals surface area (Å²) in [6.07, 6.45) is 2.52. The van der Waals surface area contributed by atoms with E-state index in [4.69, 9.17) is 16.3 Å². The van der Waals surface area contributed by atoms with Gasteiger partial charge < -0.3 is 15.0 Å². The van der Waals surface area contributed by atoms with E-state index in [-0.39, 0.29) is 0 Å². The maximum Gasteiger partial charge on any atom is 0.119 e. The van der Waals surface area contributed by atoms with Crippen LogP contribution in [0.3, 0.4) is 0 Å². The standard InChI is InChI=1S/C16H20ClN3OS/c1-21-10-16-19-13(11-22-16)9-18-14-8-12(17)4-5-15(14)20-6-2-3-7-20/h4-5,8,11,18H,2-3,6-7,9-10H2,1H3. The van der Waals surface area contributed by atoms with Gasteiger partial charge in [-0.1, -0.05) is 11.6 Å². The fourth-order valence-corrected chi connectivity index (χ4v) is 3.63. The van der Waals surface area contributed by atoms with Gasteiger partial charge in [-0.3, -0.25) is 0 Å².